The molecule has 2 aromatic carbocycles. The van der Waals surface area contributed by atoms with Gasteiger partial charge in [0.15, 0.2) is 11.5 Å². The number of methoxy groups -OCH3 is 2. The molecule has 2 N–H and O–H groups in total. The van der Waals surface area contributed by atoms with Crippen LogP contribution in [0.4, 0.5) is 5.69 Å². The first-order valence-corrected chi connectivity index (χ1v) is 10.4. The van der Waals surface area contributed by atoms with E-state index < -0.39 is 22.0 Å². The van der Waals surface area contributed by atoms with Crippen molar-refractivity contribution in [3.8, 4) is 11.5 Å². The van der Waals surface area contributed by atoms with E-state index in [1.165, 1.54) is 51.5 Å². The first-order valence-electron chi connectivity index (χ1n) is 7.78. The van der Waals surface area contributed by atoms with Crippen LogP contribution in [0.3, 0.4) is 0 Å². The summed E-state index contributed by atoms with van der Waals surface area (Å²) in [6.45, 7) is 1.39. The van der Waals surface area contributed by atoms with E-state index in [0.717, 1.165) is 0 Å². The van der Waals surface area contributed by atoms with Gasteiger partial charge < -0.3 is 14.8 Å². The summed E-state index contributed by atoms with van der Waals surface area (Å²) in [4.78, 5) is 12.3. The highest BCUT2D eigenvalue weighted by atomic mass is 35.5. The third kappa shape index (κ3) is 5.21. The molecule has 0 radical (unpaired) electrons. The predicted molar refractivity (Wildman–Crippen MR) is 109 cm³/mol. The van der Waals surface area contributed by atoms with Gasteiger partial charge in [-0.3, -0.25) is 4.79 Å². The summed E-state index contributed by atoms with van der Waals surface area (Å²) >= 11 is 17.8. The molecular formula is C17H17Cl3N2O5S. The Hall–Kier alpha value is -1.71. The number of carbonyl (C=O) groups excluding carboxylic acids is 1. The lowest BCUT2D eigenvalue weighted by Crippen LogP contribution is -2.41. The van der Waals surface area contributed by atoms with Crippen LogP contribution in [0.25, 0.3) is 0 Å². The number of ether oxygens (including phenoxy) is 2. The van der Waals surface area contributed by atoms with E-state index >= 15 is 0 Å². The van der Waals surface area contributed by atoms with Crippen molar-refractivity contribution >= 4 is 56.4 Å². The number of amides is 1. The molecule has 0 unspecified atom stereocenters. The molecule has 7 nitrogen and oxygen atoms in total. The quantitative estimate of drug-likeness (QED) is 0.601. The van der Waals surface area contributed by atoms with Crippen LogP contribution in [0.5, 0.6) is 11.5 Å². The van der Waals surface area contributed by atoms with Crippen molar-refractivity contribution in [2.45, 2.75) is 17.9 Å². The second kappa shape index (κ2) is 9.19. The Morgan fingerprint density at radius 3 is 2.18 bits per heavy atom. The molecule has 0 saturated carbocycles. The Bertz CT molecular complexity index is 999. The molecule has 0 spiro atoms. The molecule has 0 aliphatic heterocycles. The first-order chi connectivity index (χ1) is 13.1. The molecule has 11 heteroatoms. The highest BCUT2D eigenvalue weighted by Crippen LogP contribution is 2.32. The van der Waals surface area contributed by atoms with Gasteiger partial charge in [-0.2, -0.15) is 4.72 Å². The van der Waals surface area contributed by atoms with E-state index in [1.54, 1.807) is 0 Å². The van der Waals surface area contributed by atoms with Gasteiger partial charge in [0, 0.05) is 6.07 Å². The normalized spacial score (nSPS) is 12.4. The SMILES string of the molecule is COc1ccc(S(=O)(=O)N[C@H](C)C(=O)Nc2cc(Cl)c(Cl)cc2Cl)cc1OC. The average molecular weight is 468 g/mol. The zero-order chi connectivity index (χ0) is 21.1. The van der Waals surface area contributed by atoms with Crippen molar-refractivity contribution < 1.29 is 22.7 Å². The van der Waals surface area contributed by atoms with Crippen molar-refractivity contribution in [3.05, 3.63) is 45.4 Å². The maximum absolute atomic E-state index is 12.6. The number of nitrogens with one attached hydrogen (secondary N) is 2. The molecule has 28 heavy (non-hydrogen) atoms. The first kappa shape index (κ1) is 22.6. The Morgan fingerprint density at radius 1 is 0.964 bits per heavy atom. The summed E-state index contributed by atoms with van der Waals surface area (Å²) in [5.41, 5.74) is 0.207. The maximum atomic E-state index is 12.6. The predicted octanol–water partition coefficient (Wildman–Crippen LogP) is 3.97. The zero-order valence-corrected chi connectivity index (χ0v) is 18.1. The fourth-order valence-electron chi connectivity index (χ4n) is 2.20. The Balaban J connectivity index is 2.18. The molecule has 0 bridgehead atoms. The number of benzene rings is 2. The Morgan fingerprint density at radius 2 is 1.57 bits per heavy atom. The minimum atomic E-state index is -4.01. The topological polar surface area (TPSA) is 93.7 Å². The maximum Gasteiger partial charge on any atom is 0.242 e. The van der Waals surface area contributed by atoms with Gasteiger partial charge in [-0.15, -0.1) is 0 Å². The van der Waals surface area contributed by atoms with E-state index in [2.05, 4.69) is 10.0 Å². The molecule has 0 saturated heterocycles. The molecule has 0 aliphatic carbocycles. The summed E-state index contributed by atoms with van der Waals surface area (Å²) in [5.74, 6) is -0.0177. The van der Waals surface area contributed by atoms with Crippen LogP contribution >= 0.6 is 34.8 Å². The Labute approximate surface area is 177 Å². The van der Waals surface area contributed by atoms with Gasteiger partial charge in [0.2, 0.25) is 15.9 Å². The van der Waals surface area contributed by atoms with Crippen molar-refractivity contribution in [3.63, 3.8) is 0 Å². The molecule has 1 atom stereocenters. The third-order valence-corrected chi connectivity index (χ3v) is 6.23. The van der Waals surface area contributed by atoms with Crippen LogP contribution in [0.15, 0.2) is 35.2 Å². The lowest BCUT2D eigenvalue weighted by Gasteiger charge is -2.16. The molecule has 2 rings (SSSR count). The van der Waals surface area contributed by atoms with Crippen LogP contribution in [-0.4, -0.2) is 34.6 Å². The smallest absolute Gasteiger partial charge is 0.242 e. The molecule has 152 valence electrons. The standard InChI is InChI=1S/C17H17Cl3N2O5S/c1-9(17(23)21-14-8-12(19)11(18)7-13(14)20)22-28(24,25)10-4-5-15(26-2)16(6-10)27-3/h4-9,22H,1-3H3,(H,21,23)/t9-/m1/s1. The van der Waals surface area contributed by atoms with Gasteiger partial charge in [0.05, 0.1) is 45.9 Å². The van der Waals surface area contributed by atoms with Crippen LogP contribution in [0.1, 0.15) is 6.92 Å². The minimum absolute atomic E-state index is 0.0858. The largest absolute Gasteiger partial charge is 0.493 e. The van der Waals surface area contributed by atoms with E-state index in [4.69, 9.17) is 44.3 Å². The second-order valence-corrected chi connectivity index (χ2v) is 8.53. The summed E-state index contributed by atoms with van der Waals surface area (Å²) in [6.07, 6.45) is 0. The number of hydrogen-bond acceptors (Lipinski definition) is 5. The van der Waals surface area contributed by atoms with Crippen molar-refractivity contribution in [2.24, 2.45) is 0 Å². The summed E-state index contributed by atoms with van der Waals surface area (Å²) in [6, 6.07) is 5.72. The van der Waals surface area contributed by atoms with Gasteiger partial charge in [0.1, 0.15) is 0 Å². The number of halogens is 3. The molecule has 1 amide bonds. The number of rotatable bonds is 7. The highest BCUT2D eigenvalue weighted by molar-refractivity contribution is 7.89. The molecule has 0 aliphatic rings. The molecule has 0 heterocycles. The fraction of sp³-hybridized carbons (Fsp3) is 0.235. The lowest BCUT2D eigenvalue weighted by molar-refractivity contribution is -0.117. The van der Waals surface area contributed by atoms with Gasteiger partial charge in [-0.25, -0.2) is 8.42 Å². The van der Waals surface area contributed by atoms with Crippen LogP contribution in [0.2, 0.25) is 15.1 Å². The Kier molecular flexibility index (Phi) is 7.41. The van der Waals surface area contributed by atoms with E-state index in [1.807, 2.05) is 0 Å². The highest BCUT2D eigenvalue weighted by Gasteiger charge is 2.24. The fourth-order valence-corrected chi connectivity index (χ4v) is 4.01. The number of carbonyl (C=O) groups is 1. The molecular weight excluding hydrogens is 451 g/mol. The van der Waals surface area contributed by atoms with Crippen molar-refractivity contribution in [1.82, 2.24) is 4.72 Å². The van der Waals surface area contributed by atoms with Gasteiger partial charge in [-0.1, -0.05) is 34.8 Å². The van der Waals surface area contributed by atoms with Crippen LogP contribution in [-0.2, 0) is 14.8 Å². The van der Waals surface area contributed by atoms with Crippen LogP contribution < -0.4 is 19.5 Å². The minimum Gasteiger partial charge on any atom is -0.493 e. The second-order valence-electron chi connectivity index (χ2n) is 5.60. The van der Waals surface area contributed by atoms with Gasteiger partial charge in [-0.05, 0) is 31.2 Å². The zero-order valence-electron chi connectivity index (χ0n) is 15.0. The number of sulfonamides is 1. The van der Waals surface area contributed by atoms with Crippen LogP contribution in [0, 0.1) is 0 Å². The average Bonchev–Trinajstić information content (AvgIpc) is 2.64. The molecule has 2 aromatic rings. The van der Waals surface area contributed by atoms with E-state index in [-0.39, 0.29) is 31.4 Å². The molecule has 0 aromatic heterocycles. The number of hydrogen-bond donors (Lipinski definition) is 2. The van der Waals surface area contributed by atoms with Gasteiger partial charge >= 0.3 is 0 Å². The van der Waals surface area contributed by atoms with Crippen molar-refractivity contribution in [1.29, 1.82) is 0 Å². The summed E-state index contributed by atoms with van der Waals surface area (Å²) < 4.78 is 37.6. The van der Waals surface area contributed by atoms with Gasteiger partial charge in [0.25, 0.3) is 0 Å². The lowest BCUT2D eigenvalue weighted by atomic mass is 10.3. The van der Waals surface area contributed by atoms with E-state index in [9.17, 15) is 13.2 Å². The van der Waals surface area contributed by atoms with Crippen molar-refractivity contribution in [2.75, 3.05) is 19.5 Å². The number of anilines is 1. The monoisotopic (exact) mass is 466 g/mol. The molecule has 0 fully saturated rings. The summed E-state index contributed by atoms with van der Waals surface area (Å²) in [5, 5.41) is 3.09. The van der Waals surface area contributed by atoms with E-state index in [0.29, 0.717) is 5.75 Å². The summed E-state index contributed by atoms with van der Waals surface area (Å²) in [7, 11) is -1.18. The third-order valence-electron chi connectivity index (χ3n) is 3.66.